The van der Waals surface area contributed by atoms with Crippen LogP contribution >= 0.6 is 0 Å². The number of carbonyl (C=O) groups excluding carboxylic acids is 1. The van der Waals surface area contributed by atoms with Crippen LogP contribution < -0.4 is 10.6 Å². The number of likely N-dealkylation sites (tertiary alicyclic amines) is 1. The van der Waals surface area contributed by atoms with Crippen LogP contribution in [0, 0.1) is 25.5 Å². The molecule has 2 heterocycles. The highest BCUT2D eigenvalue weighted by Gasteiger charge is 2.36. The fourth-order valence-corrected chi connectivity index (χ4v) is 3.15. The lowest BCUT2D eigenvalue weighted by molar-refractivity contribution is 0.0852. The van der Waals surface area contributed by atoms with Gasteiger partial charge in [-0.15, -0.1) is 0 Å². The van der Waals surface area contributed by atoms with Crippen LogP contribution in [-0.4, -0.2) is 46.2 Å². The minimum absolute atomic E-state index is 0.0558. The van der Waals surface area contributed by atoms with Crippen LogP contribution in [0.4, 0.5) is 29.5 Å². The van der Waals surface area contributed by atoms with E-state index in [-0.39, 0.29) is 32.5 Å². The Balaban J connectivity index is 1.55. The van der Waals surface area contributed by atoms with E-state index in [0.29, 0.717) is 11.6 Å². The molecule has 6 nitrogen and oxygen atoms in total. The van der Waals surface area contributed by atoms with Crippen LogP contribution in [0.5, 0.6) is 0 Å². The van der Waals surface area contributed by atoms with Gasteiger partial charge in [0.05, 0.1) is 6.54 Å². The number of aryl methyl sites for hydroxylation is 2. The van der Waals surface area contributed by atoms with Crippen molar-refractivity contribution in [2.24, 2.45) is 0 Å². The molecule has 0 atom stereocenters. The van der Waals surface area contributed by atoms with E-state index in [1.807, 2.05) is 6.92 Å². The maximum atomic E-state index is 15.1. The first kappa shape index (κ1) is 19.9. The summed E-state index contributed by atoms with van der Waals surface area (Å²) < 4.78 is 42.4. The zero-order valence-electron chi connectivity index (χ0n) is 15.7. The summed E-state index contributed by atoms with van der Waals surface area (Å²) in [5.74, 6) is -0.561. The highest BCUT2D eigenvalue weighted by atomic mass is 19.1. The second-order valence-corrected chi connectivity index (χ2v) is 6.96. The third-order valence-corrected chi connectivity index (χ3v) is 4.69. The largest absolute Gasteiger partial charge is 0.367 e. The number of alkyl halides is 1. The molecule has 9 heteroatoms. The number of hydrogen-bond donors (Lipinski definition) is 2. The molecule has 0 unspecified atom stereocenters. The number of aromatic nitrogens is 2. The van der Waals surface area contributed by atoms with Gasteiger partial charge < -0.3 is 15.5 Å². The van der Waals surface area contributed by atoms with Crippen molar-refractivity contribution < 1.29 is 18.0 Å². The van der Waals surface area contributed by atoms with E-state index < -0.39 is 29.0 Å². The van der Waals surface area contributed by atoms with Gasteiger partial charge in [0.15, 0.2) is 0 Å². The number of nitrogens with one attached hydrogen (secondary N) is 2. The lowest BCUT2D eigenvalue weighted by atomic mass is 9.93. The molecule has 1 aromatic heterocycles. The molecule has 2 amide bonds. The summed E-state index contributed by atoms with van der Waals surface area (Å²) >= 11 is 0. The summed E-state index contributed by atoms with van der Waals surface area (Å²) in [6.07, 6.45) is 0.215. The van der Waals surface area contributed by atoms with E-state index in [4.69, 9.17) is 0 Å². The van der Waals surface area contributed by atoms with Gasteiger partial charge in [-0.05, 0) is 26.0 Å². The van der Waals surface area contributed by atoms with Gasteiger partial charge in [0.25, 0.3) is 0 Å². The molecule has 0 aliphatic carbocycles. The van der Waals surface area contributed by atoms with Gasteiger partial charge in [-0.1, -0.05) is 6.07 Å². The molecule has 2 N–H and O–H groups in total. The Labute approximate surface area is 161 Å². The molecule has 1 aliphatic rings. The molecule has 150 valence electrons. The van der Waals surface area contributed by atoms with Gasteiger partial charge in [0.2, 0.25) is 0 Å². The van der Waals surface area contributed by atoms with Gasteiger partial charge in [0.1, 0.15) is 34.6 Å². The van der Waals surface area contributed by atoms with Gasteiger partial charge in [-0.25, -0.2) is 27.9 Å². The quantitative estimate of drug-likeness (QED) is 0.829. The first-order valence-electron chi connectivity index (χ1n) is 9.01. The van der Waals surface area contributed by atoms with E-state index in [0.717, 1.165) is 17.8 Å². The Kier molecular flexibility index (Phi) is 5.71. The fourth-order valence-electron chi connectivity index (χ4n) is 3.15. The average molecular weight is 393 g/mol. The summed E-state index contributed by atoms with van der Waals surface area (Å²) in [5.41, 5.74) is -1.22. The zero-order valence-corrected chi connectivity index (χ0v) is 15.7. The van der Waals surface area contributed by atoms with Crippen molar-refractivity contribution in [3.63, 3.8) is 0 Å². The van der Waals surface area contributed by atoms with Crippen molar-refractivity contribution in [3.05, 3.63) is 47.4 Å². The van der Waals surface area contributed by atoms with Crippen LogP contribution in [0.1, 0.15) is 24.4 Å². The lowest BCUT2D eigenvalue weighted by Gasteiger charge is -2.36. The number of rotatable bonds is 4. The number of para-hydroxylation sites is 1. The van der Waals surface area contributed by atoms with Crippen LogP contribution in [-0.2, 0) is 0 Å². The molecule has 1 fully saturated rings. The standard InChI is InChI=1S/C19H22F3N5O/c1-12-10-16(25-13(2)24-12)23-11-19(22)6-8-27(9-7-19)18(28)26-17-14(20)4-3-5-15(17)21/h3-5,10H,6-9,11H2,1-2H3,(H,26,28)(H,23,24,25). The Morgan fingerprint density at radius 2 is 1.82 bits per heavy atom. The van der Waals surface area contributed by atoms with Crippen LogP contribution in [0.15, 0.2) is 24.3 Å². The minimum atomic E-state index is -1.51. The topological polar surface area (TPSA) is 70.2 Å². The van der Waals surface area contributed by atoms with Crippen LogP contribution in [0.3, 0.4) is 0 Å². The molecule has 1 aromatic carbocycles. The fraction of sp³-hybridized carbons (Fsp3) is 0.421. The van der Waals surface area contributed by atoms with Crippen LogP contribution in [0.25, 0.3) is 0 Å². The molecular formula is C19H22F3N5O. The maximum absolute atomic E-state index is 15.1. The number of amides is 2. The Morgan fingerprint density at radius 3 is 2.43 bits per heavy atom. The van der Waals surface area contributed by atoms with Crippen molar-refractivity contribution in [1.82, 2.24) is 14.9 Å². The van der Waals surface area contributed by atoms with Crippen LogP contribution in [0.2, 0.25) is 0 Å². The first-order valence-corrected chi connectivity index (χ1v) is 9.01. The van der Waals surface area contributed by atoms with E-state index >= 15 is 4.39 Å². The monoisotopic (exact) mass is 393 g/mol. The molecular weight excluding hydrogens is 371 g/mol. The summed E-state index contributed by atoms with van der Waals surface area (Å²) in [6.45, 7) is 3.93. The number of anilines is 2. The summed E-state index contributed by atoms with van der Waals surface area (Å²) in [6, 6.07) is 4.42. The van der Waals surface area contributed by atoms with Crippen molar-refractivity contribution >= 4 is 17.5 Å². The summed E-state index contributed by atoms with van der Waals surface area (Å²) in [7, 11) is 0. The van der Waals surface area contributed by atoms with Crippen molar-refractivity contribution in [2.45, 2.75) is 32.4 Å². The number of urea groups is 1. The van der Waals surface area contributed by atoms with E-state index in [1.165, 1.54) is 11.0 Å². The second kappa shape index (κ2) is 8.04. The normalized spacial score (nSPS) is 16.0. The predicted molar refractivity (Wildman–Crippen MR) is 100 cm³/mol. The number of carbonyl (C=O) groups is 1. The Hall–Kier alpha value is -2.84. The van der Waals surface area contributed by atoms with Crippen molar-refractivity contribution in [1.29, 1.82) is 0 Å². The van der Waals surface area contributed by atoms with E-state index in [1.54, 1.807) is 13.0 Å². The summed E-state index contributed by atoms with van der Waals surface area (Å²) in [5, 5.41) is 5.22. The highest BCUT2D eigenvalue weighted by Crippen LogP contribution is 2.28. The molecule has 0 saturated carbocycles. The zero-order chi connectivity index (χ0) is 20.3. The molecule has 0 radical (unpaired) electrons. The van der Waals surface area contributed by atoms with Gasteiger partial charge in [0, 0.05) is 37.7 Å². The predicted octanol–water partition coefficient (Wildman–Crippen LogP) is 3.82. The third kappa shape index (κ3) is 4.71. The molecule has 0 spiro atoms. The highest BCUT2D eigenvalue weighted by molar-refractivity contribution is 5.89. The lowest BCUT2D eigenvalue weighted by Crippen LogP contribution is -2.48. The SMILES string of the molecule is Cc1cc(NCC2(F)CCN(C(=O)Nc3c(F)cccc3F)CC2)nc(C)n1. The number of piperidine rings is 1. The maximum Gasteiger partial charge on any atom is 0.322 e. The molecule has 0 bridgehead atoms. The number of nitrogens with zero attached hydrogens (tertiary/aromatic N) is 3. The van der Waals surface area contributed by atoms with E-state index in [9.17, 15) is 13.6 Å². The number of benzene rings is 1. The molecule has 1 aliphatic heterocycles. The van der Waals surface area contributed by atoms with Crippen molar-refractivity contribution in [2.75, 3.05) is 30.3 Å². The Morgan fingerprint density at radius 1 is 1.18 bits per heavy atom. The van der Waals surface area contributed by atoms with E-state index in [2.05, 4.69) is 20.6 Å². The molecule has 2 aromatic rings. The molecule has 3 rings (SSSR count). The number of halogens is 3. The van der Waals surface area contributed by atoms with Gasteiger partial charge >= 0.3 is 6.03 Å². The first-order chi connectivity index (χ1) is 13.3. The Bertz CT molecular complexity index is 828. The third-order valence-electron chi connectivity index (χ3n) is 4.69. The smallest absolute Gasteiger partial charge is 0.322 e. The number of hydrogen-bond acceptors (Lipinski definition) is 4. The minimum Gasteiger partial charge on any atom is -0.367 e. The van der Waals surface area contributed by atoms with Gasteiger partial charge in [-0.2, -0.15) is 0 Å². The van der Waals surface area contributed by atoms with Gasteiger partial charge in [-0.3, -0.25) is 0 Å². The molecule has 1 saturated heterocycles. The molecule has 28 heavy (non-hydrogen) atoms. The summed E-state index contributed by atoms with van der Waals surface area (Å²) in [4.78, 5) is 22.0. The van der Waals surface area contributed by atoms with Crippen molar-refractivity contribution in [3.8, 4) is 0 Å². The average Bonchev–Trinajstić information content (AvgIpc) is 2.63. The second-order valence-electron chi connectivity index (χ2n) is 6.96.